The molecule has 0 aliphatic carbocycles. The van der Waals surface area contributed by atoms with Crippen molar-refractivity contribution in [1.29, 1.82) is 0 Å². The number of benzene rings is 2. The van der Waals surface area contributed by atoms with E-state index in [0.717, 1.165) is 22.3 Å². The van der Waals surface area contributed by atoms with E-state index in [1.807, 2.05) is 57.2 Å². The second kappa shape index (κ2) is 6.10. The summed E-state index contributed by atoms with van der Waals surface area (Å²) in [5.74, 6) is -0.0417. The Hall–Kier alpha value is -1.80. The van der Waals surface area contributed by atoms with E-state index in [2.05, 4.69) is 5.32 Å². The van der Waals surface area contributed by atoms with Crippen LogP contribution in [0.15, 0.2) is 36.4 Å². The van der Waals surface area contributed by atoms with E-state index in [4.69, 9.17) is 11.6 Å². The van der Waals surface area contributed by atoms with Gasteiger partial charge in [-0.3, -0.25) is 4.79 Å². The van der Waals surface area contributed by atoms with Crippen molar-refractivity contribution in [2.24, 2.45) is 0 Å². The number of aryl methyl sites for hydroxylation is 3. The first-order valence-corrected chi connectivity index (χ1v) is 6.95. The largest absolute Gasteiger partial charge is 0.348 e. The van der Waals surface area contributed by atoms with E-state index < -0.39 is 0 Å². The molecule has 0 aliphatic heterocycles. The molecule has 0 aliphatic rings. The van der Waals surface area contributed by atoms with E-state index in [0.29, 0.717) is 11.6 Å². The van der Waals surface area contributed by atoms with Crippen molar-refractivity contribution >= 4 is 17.5 Å². The molecule has 2 aromatic carbocycles. The highest BCUT2D eigenvalue weighted by atomic mass is 35.5. The second-order valence-electron chi connectivity index (χ2n) is 5.09. The smallest absolute Gasteiger partial charge is 0.252 e. The minimum Gasteiger partial charge on any atom is -0.348 e. The lowest BCUT2D eigenvalue weighted by Crippen LogP contribution is -2.24. The number of rotatable bonds is 3. The number of hydrogen-bond acceptors (Lipinski definition) is 1. The maximum Gasteiger partial charge on any atom is 0.252 e. The van der Waals surface area contributed by atoms with Gasteiger partial charge in [0.05, 0.1) is 0 Å². The third-order valence-corrected chi connectivity index (χ3v) is 3.48. The molecule has 1 N–H and O–H groups in total. The van der Waals surface area contributed by atoms with Gasteiger partial charge in [0, 0.05) is 17.1 Å². The maximum atomic E-state index is 12.3. The Kier molecular flexibility index (Phi) is 4.46. The molecule has 0 aromatic heterocycles. The summed E-state index contributed by atoms with van der Waals surface area (Å²) in [5.41, 5.74) is 4.94. The van der Waals surface area contributed by atoms with E-state index in [1.54, 1.807) is 0 Å². The molecule has 2 aromatic rings. The molecule has 0 unspecified atom stereocenters. The summed E-state index contributed by atoms with van der Waals surface area (Å²) in [7, 11) is 0. The average Bonchev–Trinajstić information content (AvgIpc) is 2.35. The molecule has 0 atom stereocenters. The third kappa shape index (κ3) is 3.40. The zero-order valence-electron chi connectivity index (χ0n) is 12.0. The molecule has 3 heteroatoms. The molecule has 0 bridgehead atoms. The van der Waals surface area contributed by atoms with Crippen molar-refractivity contribution in [1.82, 2.24) is 5.32 Å². The van der Waals surface area contributed by atoms with Gasteiger partial charge < -0.3 is 5.32 Å². The molecule has 0 fully saturated rings. The highest BCUT2D eigenvalue weighted by Gasteiger charge is 2.12. The van der Waals surface area contributed by atoms with Gasteiger partial charge in [-0.1, -0.05) is 41.4 Å². The predicted octanol–water partition coefficient (Wildman–Crippen LogP) is 4.20. The van der Waals surface area contributed by atoms with Gasteiger partial charge in [-0.25, -0.2) is 0 Å². The van der Waals surface area contributed by atoms with Crippen LogP contribution in [0.25, 0.3) is 0 Å². The van der Waals surface area contributed by atoms with Crippen LogP contribution in [0.5, 0.6) is 0 Å². The summed E-state index contributed by atoms with van der Waals surface area (Å²) in [5, 5.41) is 3.63. The van der Waals surface area contributed by atoms with Crippen LogP contribution in [0.1, 0.15) is 32.6 Å². The van der Waals surface area contributed by atoms with Crippen LogP contribution < -0.4 is 5.32 Å². The summed E-state index contributed by atoms with van der Waals surface area (Å²) >= 11 is 5.93. The van der Waals surface area contributed by atoms with Crippen molar-refractivity contribution < 1.29 is 4.79 Å². The van der Waals surface area contributed by atoms with Crippen molar-refractivity contribution in [3.63, 3.8) is 0 Å². The van der Waals surface area contributed by atoms with Gasteiger partial charge in [-0.2, -0.15) is 0 Å². The van der Waals surface area contributed by atoms with Crippen molar-refractivity contribution in [3.8, 4) is 0 Å². The van der Waals surface area contributed by atoms with Crippen LogP contribution in [0.4, 0.5) is 0 Å². The van der Waals surface area contributed by atoms with E-state index in [9.17, 15) is 4.79 Å². The summed E-state index contributed by atoms with van der Waals surface area (Å²) in [6.07, 6.45) is 0. The number of halogens is 1. The topological polar surface area (TPSA) is 29.1 Å². The first-order valence-electron chi connectivity index (χ1n) is 6.58. The quantitative estimate of drug-likeness (QED) is 0.901. The molecular formula is C17H18ClNO. The zero-order chi connectivity index (χ0) is 14.7. The molecule has 0 saturated heterocycles. The molecule has 0 saturated carbocycles. The Morgan fingerprint density at radius 3 is 2.35 bits per heavy atom. The molecule has 20 heavy (non-hydrogen) atoms. The summed E-state index contributed by atoms with van der Waals surface area (Å²) in [4.78, 5) is 12.3. The Bertz CT molecular complexity index is 626. The average molecular weight is 288 g/mol. The first-order chi connectivity index (χ1) is 9.47. The number of carbonyl (C=O) groups is 1. The van der Waals surface area contributed by atoms with Crippen LogP contribution in [0.3, 0.4) is 0 Å². The number of hydrogen-bond donors (Lipinski definition) is 1. The van der Waals surface area contributed by atoms with Crippen molar-refractivity contribution in [2.45, 2.75) is 27.3 Å². The van der Waals surface area contributed by atoms with Gasteiger partial charge in [-0.15, -0.1) is 0 Å². The molecule has 0 radical (unpaired) electrons. The normalized spacial score (nSPS) is 10.4. The molecule has 0 spiro atoms. The second-order valence-corrected chi connectivity index (χ2v) is 5.52. The first kappa shape index (κ1) is 14.6. The van der Waals surface area contributed by atoms with Gasteiger partial charge in [-0.05, 0) is 49.6 Å². The Morgan fingerprint density at radius 1 is 1.10 bits per heavy atom. The minimum atomic E-state index is -0.0417. The highest BCUT2D eigenvalue weighted by Crippen LogP contribution is 2.16. The fourth-order valence-corrected chi connectivity index (χ4v) is 2.67. The van der Waals surface area contributed by atoms with Gasteiger partial charge in [0.15, 0.2) is 0 Å². The Labute approximate surface area is 124 Å². The van der Waals surface area contributed by atoms with Crippen LogP contribution in [0, 0.1) is 20.8 Å². The van der Waals surface area contributed by atoms with Gasteiger partial charge in [0.1, 0.15) is 0 Å². The van der Waals surface area contributed by atoms with Crippen molar-refractivity contribution in [3.05, 3.63) is 69.2 Å². The zero-order valence-corrected chi connectivity index (χ0v) is 12.7. The fourth-order valence-electron chi connectivity index (χ4n) is 2.46. The highest BCUT2D eigenvalue weighted by molar-refractivity contribution is 6.30. The van der Waals surface area contributed by atoms with Crippen LogP contribution in [-0.2, 0) is 6.54 Å². The van der Waals surface area contributed by atoms with E-state index in [-0.39, 0.29) is 5.91 Å². The summed E-state index contributed by atoms with van der Waals surface area (Å²) in [6, 6.07) is 11.6. The van der Waals surface area contributed by atoms with Crippen molar-refractivity contribution in [2.75, 3.05) is 0 Å². The Balaban J connectivity index is 2.13. The summed E-state index contributed by atoms with van der Waals surface area (Å²) in [6.45, 7) is 6.45. The molecular weight excluding hydrogens is 270 g/mol. The van der Waals surface area contributed by atoms with E-state index in [1.165, 1.54) is 5.56 Å². The number of carbonyl (C=O) groups excluding carboxylic acids is 1. The molecule has 2 rings (SSSR count). The molecule has 0 heterocycles. The minimum absolute atomic E-state index is 0.0417. The Morgan fingerprint density at radius 2 is 1.75 bits per heavy atom. The van der Waals surface area contributed by atoms with Gasteiger partial charge in [0.25, 0.3) is 5.91 Å². The van der Waals surface area contributed by atoms with Crippen LogP contribution >= 0.6 is 11.6 Å². The van der Waals surface area contributed by atoms with Crippen LogP contribution in [-0.4, -0.2) is 5.91 Å². The lowest BCUT2D eigenvalue weighted by molar-refractivity contribution is 0.0949. The lowest BCUT2D eigenvalue weighted by Gasteiger charge is -2.12. The summed E-state index contributed by atoms with van der Waals surface area (Å²) < 4.78 is 0. The van der Waals surface area contributed by atoms with E-state index >= 15 is 0 Å². The van der Waals surface area contributed by atoms with Gasteiger partial charge >= 0.3 is 0 Å². The lowest BCUT2D eigenvalue weighted by atomic mass is 9.99. The standard InChI is InChI=1S/C17H18ClNO/c1-11-7-12(2)16(13(3)8-11)17(20)19-10-14-5-4-6-15(18)9-14/h4-9H,10H2,1-3H3,(H,19,20). The monoisotopic (exact) mass is 287 g/mol. The predicted molar refractivity (Wildman–Crippen MR) is 83.3 cm³/mol. The number of nitrogens with one attached hydrogen (secondary N) is 1. The third-order valence-electron chi connectivity index (χ3n) is 3.25. The molecule has 104 valence electrons. The molecule has 1 amide bonds. The van der Waals surface area contributed by atoms with Gasteiger partial charge in [0.2, 0.25) is 0 Å². The van der Waals surface area contributed by atoms with Crippen LogP contribution in [0.2, 0.25) is 5.02 Å². The fraction of sp³-hybridized carbons (Fsp3) is 0.235. The molecule has 2 nitrogen and oxygen atoms in total. The maximum absolute atomic E-state index is 12.3. The SMILES string of the molecule is Cc1cc(C)c(C(=O)NCc2cccc(Cl)c2)c(C)c1. The number of amides is 1.